The van der Waals surface area contributed by atoms with E-state index in [9.17, 15) is 19.3 Å². The van der Waals surface area contributed by atoms with Gasteiger partial charge in [0, 0.05) is 12.1 Å². The van der Waals surface area contributed by atoms with E-state index >= 15 is 0 Å². The van der Waals surface area contributed by atoms with E-state index in [0.29, 0.717) is 5.92 Å². The van der Waals surface area contributed by atoms with E-state index in [2.05, 4.69) is 12.2 Å². The molecule has 0 aromatic heterocycles. The normalized spacial score (nSPS) is 22.3. The molecule has 1 saturated carbocycles. The predicted molar refractivity (Wildman–Crippen MR) is 71.9 cm³/mol. The van der Waals surface area contributed by atoms with Crippen molar-refractivity contribution in [3.8, 4) is 0 Å². The molecule has 0 radical (unpaired) electrons. The van der Waals surface area contributed by atoms with E-state index < -0.39 is 16.6 Å². The van der Waals surface area contributed by atoms with Crippen LogP contribution < -0.4 is 5.32 Å². The molecule has 1 aromatic carbocycles. The number of rotatable bonds is 3. The fraction of sp³-hybridized carbons (Fsp3) is 0.500. The summed E-state index contributed by atoms with van der Waals surface area (Å²) in [5.74, 6) is -0.583. The van der Waals surface area contributed by atoms with Crippen LogP contribution in [0.15, 0.2) is 18.2 Å². The van der Waals surface area contributed by atoms with E-state index in [1.165, 1.54) is 0 Å². The molecule has 0 bridgehead atoms. The zero-order valence-electron chi connectivity index (χ0n) is 11.3. The Balaban J connectivity index is 2.12. The van der Waals surface area contributed by atoms with Crippen LogP contribution >= 0.6 is 0 Å². The summed E-state index contributed by atoms with van der Waals surface area (Å²) in [6, 6.07) is 2.94. The molecule has 0 aliphatic heterocycles. The molecule has 1 aliphatic rings. The highest BCUT2D eigenvalue weighted by molar-refractivity contribution is 5.98. The number of nitro groups is 1. The number of nitro benzene ring substituents is 1. The number of nitrogens with zero attached hydrogens (tertiary/aromatic N) is 1. The highest BCUT2D eigenvalue weighted by atomic mass is 19.1. The van der Waals surface area contributed by atoms with Gasteiger partial charge in [0.1, 0.15) is 11.4 Å². The van der Waals surface area contributed by atoms with Gasteiger partial charge in [-0.15, -0.1) is 0 Å². The van der Waals surface area contributed by atoms with Crippen LogP contribution in [0.3, 0.4) is 0 Å². The zero-order chi connectivity index (χ0) is 14.7. The second-order valence-electron chi connectivity index (χ2n) is 5.35. The number of carbonyl (C=O) groups excluding carboxylic acids is 1. The largest absolute Gasteiger partial charge is 0.349 e. The SMILES string of the molecule is CC1CCC(NC(=O)c2cc(F)ccc2[N+](=O)[O-])CC1. The lowest BCUT2D eigenvalue weighted by Gasteiger charge is -2.26. The van der Waals surface area contributed by atoms with Gasteiger partial charge in [0.2, 0.25) is 0 Å². The van der Waals surface area contributed by atoms with Crippen molar-refractivity contribution in [1.29, 1.82) is 0 Å². The number of carbonyl (C=O) groups is 1. The minimum Gasteiger partial charge on any atom is -0.349 e. The summed E-state index contributed by atoms with van der Waals surface area (Å²) < 4.78 is 13.2. The van der Waals surface area contributed by atoms with Crippen molar-refractivity contribution < 1.29 is 14.1 Å². The van der Waals surface area contributed by atoms with Gasteiger partial charge in [0.25, 0.3) is 11.6 Å². The summed E-state index contributed by atoms with van der Waals surface area (Å²) in [6.45, 7) is 2.16. The maximum Gasteiger partial charge on any atom is 0.282 e. The minimum absolute atomic E-state index is 0.0153. The van der Waals surface area contributed by atoms with Crippen LogP contribution in [0.2, 0.25) is 0 Å². The van der Waals surface area contributed by atoms with Crippen LogP contribution in [0, 0.1) is 21.8 Å². The number of amides is 1. The third-order valence-corrected chi connectivity index (χ3v) is 3.75. The van der Waals surface area contributed by atoms with Crippen LogP contribution in [-0.4, -0.2) is 16.9 Å². The van der Waals surface area contributed by atoms with Crippen molar-refractivity contribution in [2.45, 2.75) is 38.6 Å². The monoisotopic (exact) mass is 280 g/mol. The van der Waals surface area contributed by atoms with Gasteiger partial charge < -0.3 is 5.32 Å². The topological polar surface area (TPSA) is 72.2 Å². The lowest BCUT2D eigenvalue weighted by atomic mass is 9.87. The Kier molecular flexibility index (Phi) is 4.32. The molecule has 0 atom stereocenters. The Bertz CT molecular complexity index is 525. The summed E-state index contributed by atoms with van der Waals surface area (Å²) in [5.41, 5.74) is -0.582. The first-order valence-corrected chi connectivity index (χ1v) is 6.72. The van der Waals surface area contributed by atoms with E-state index in [4.69, 9.17) is 0 Å². The molecule has 1 aromatic rings. The molecular formula is C14H17FN2O3. The fourth-order valence-electron chi connectivity index (χ4n) is 2.52. The molecule has 5 nitrogen and oxygen atoms in total. The van der Waals surface area contributed by atoms with Gasteiger partial charge in [-0.3, -0.25) is 14.9 Å². The first-order valence-electron chi connectivity index (χ1n) is 6.72. The van der Waals surface area contributed by atoms with Crippen molar-refractivity contribution in [2.24, 2.45) is 5.92 Å². The molecule has 1 fully saturated rings. The van der Waals surface area contributed by atoms with Crippen molar-refractivity contribution in [1.82, 2.24) is 5.32 Å². The highest BCUT2D eigenvalue weighted by Gasteiger charge is 2.25. The van der Waals surface area contributed by atoms with Crippen LogP contribution in [0.1, 0.15) is 43.0 Å². The van der Waals surface area contributed by atoms with Crippen molar-refractivity contribution in [3.05, 3.63) is 39.7 Å². The average Bonchev–Trinajstić information content (AvgIpc) is 2.41. The Labute approximate surface area is 116 Å². The van der Waals surface area contributed by atoms with Crippen LogP contribution in [0.4, 0.5) is 10.1 Å². The number of halogens is 1. The van der Waals surface area contributed by atoms with E-state index in [0.717, 1.165) is 43.9 Å². The molecule has 0 spiro atoms. The Morgan fingerprint density at radius 2 is 2.00 bits per heavy atom. The van der Waals surface area contributed by atoms with Gasteiger partial charge in [0.15, 0.2) is 0 Å². The van der Waals surface area contributed by atoms with Gasteiger partial charge >= 0.3 is 0 Å². The standard InChI is InChI=1S/C14H17FN2O3/c1-9-2-5-11(6-3-9)16-14(18)12-8-10(15)4-7-13(12)17(19)20/h4,7-9,11H,2-3,5-6H2,1H3,(H,16,18). The van der Waals surface area contributed by atoms with E-state index in [1.807, 2.05) is 0 Å². The van der Waals surface area contributed by atoms with Gasteiger partial charge in [-0.05, 0) is 43.7 Å². The van der Waals surface area contributed by atoms with Crippen molar-refractivity contribution in [2.75, 3.05) is 0 Å². The lowest BCUT2D eigenvalue weighted by Crippen LogP contribution is -2.37. The maximum atomic E-state index is 13.2. The average molecular weight is 280 g/mol. The van der Waals surface area contributed by atoms with Crippen LogP contribution in [-0.2, 0) is 0 Å². The van der Waals surface area contributed by atoms with Crippen molar-refractivity contribution >= 4 is 11.6 Å². The number of benzene rings is 1. The molecule has 1 amide bonds. The van der Waals surface area contributed by atoms with Crippen LogP contribution in [0.25, 0.3) is 0 Å². The number of hydrogen-bond acceptors (Lipinski definition) is 3. The molecule has 0 heterocycles. The molecule has 1 N–H and O–H groups in total. The van der Waals surface area contributed by atoms with Crippen LogP contribution in [0.5, 0.6) is 0 Å². The van der Waals surface area contributed by atoms with E-state index in [1.54, 1.807) is 0 Å². The summed E-state index contributed by atoms with van der Waals surface area (Å²) in [4.78, 5) is 22.3. The summed E-state index contributed by atoms with van der Waals surface area (Å²) in [7, 11) is 0. The Hall–Kier alpha value is -1.98. The molecule has 0 unspecified atom stereocenters. The van der Waals surface area contributed by atoms with Gasteiger partial charge in [-0.25, -0.2) is 4.39 Å². The fourth-order valence-corrected chi connectivity index (χ4v) is 2.52. The second-order valence-corrected chi connectivity index (χ2v) is 5.35. The molecule has 2 rings (SSSR count). The third kappa shape index (κ3) is 3.31. The first kappa shape index (κ1) is 14.4. The van der Waals surface area contributed by atoms with Crippen molar-refractivity contribution in [3.63, 3.8) is 0 Å². The Morgan fingerprint density at radius 1 is 1.35 bits per heavy atom. The molecule has 1 aliphatic carbocycles. The molecule has 0 saturated heterocycles. The number of nitrogens with one attached hydrogen (secondary N) is 1. The molecular weight excluding hydrogens is 263 g/mol. The highest BCUT2D eigenvalue weighted by Crippen LogP contribution is 2.25. The lowest BCUT2D eigenvalue weighted by molar-refractivity contribution is -0.385. The Morgan fingerprint density at radius 3 is 2.60 bits per heavy atom. The second kappa shape index (κ2) is 5.98. The minimum atomic E-state index is -0.669. The third-order valence-electron chi connectivity index (χ3n) is 3.75. The van der Waals surface area contributed by atoms with Gasteiger partial charge in [-0.2, -0.15) is 0 Å². The smallest absolute Gasteiger partial charge is 0.282 e. The zero-order valence-corrected chi connectivity index (χ0v) is 11.3. The quantitative estimate of drug-likeness (QED) is 0.683. The summed E-state index contributed by atoms with van der Waals surface area (Å²) in [6.07, 6.45) is 3.76. The van der Waals surface area contributed by atoms with Gasteiger partial charge in [0.05, 0.1) is 4.92 Å². The summed E-state index contributed by atoms with van der Waals surface area (Å²) >= 11 is 0. The van der Waals surface area contributed by atoms with Gasteiger partial charge in [-0.1, -0.05) is 6.92 Å². The van der Waals surface area contributed by atoms with E-state index in [-0.39, 0.29) is 17.3 Å². The molecule has 20 heavy (non-hydrogen) atoms. The molecule has 108 valence electrons. The summed E-state index contributed by atoms with van der Waals surface area (Å²) in [5, 5.41) is 13.6. The number of hydrogen-bond donors (Lipinski definition) is 1. The first-order chi connectivity index (χ1) is 9.47. The molecule has 6 heteroatoms. The maximum absolute atomic E-state index is 13.2. The predicted octanol–water partition coefficient (Wildman–Crippen LogP) is 3.04.